The Morgan fingerprint density at radius 1 is 1.55 bits per heavy atom. The van der Waals surface area contributed by atoms with Gasteiger partial charge in [-0.05, 0) is 28.5 Å². The van der Waals surface area contributed by atoms with Gasteiger partial charge in [-0.1, -0.05) is 0 Å². The van der Waals surface area contributed by atoms with Crippen LogP contribution in [0.3, 0.4) is 0 Å². The van der Waals surface area contributed by atoms with Crippen molar-refractivity contribution >= 4 is 17.2 Å². The highest BCUT2D eigenvalue weighted by Gasteiger charge is 2.32. The largest absolute Gasteiger partial charge is 0.390 e. The molecule has 6 nitrogen and oxygen atoms in total. The van der Waals surface area contributed by atoms with E-state index in [1.54, 1.807) is 17.4 Å². The quantitative estimate of drug-likeness (QED) is 0.764. The van der Waals surface area contributed by atoms with Crippen LogP contribution in [0.1, 0.15) is 16.1 Å². The molecule has 0 radical (unpaired) electrons. The molecule has 1 amide bonds. The summed E-state index contributed by atoms with van der Waals surface area (Å²) >= 11 is 1.66. The summed E-state index contributed by atoms with van der Waals surface area (Å²) in [5, 5.41) is 23.4. The molecule has 0 unspecified atom stereocenters. The molecule has 1 aliphatic rings. The van der Waals surface area contributed by atoms with E-state index in [1.165, 1.54) is 11.8 Å². The predicted octanol–water partition coefficient (Wildman–Crippen LogP) is 0.446. The molecule has 7 heteroatoms. The van der Waals surface area contributed by atoms with Crippen molar-refractivity contribution in [3.63, 3.8) is 0 Å². The van der Waals surface area contributed by atoms with Gasteiger partial charge in [-0.3, -0.25) is 14.8 Å². The number of aliphatic hydroxyl groups is 1. The molecule has 20 heavy (non-hydrogen) atoms. The van der Waals surface area contributed by atoms with Crippen molar-refractivity contribution in [1.29, 1.82) is 0 Å². The van der Waals surface area contributed by atoms with Crippen molar-refractivity contribution in [3.05, 3.63) is 40.3 Å². The second-order valence-electron chi connectivity index (χ2n) is 4.94. The Kier molecular flexibility index (Phi) is 3.81. The molecule has 2 aromatic rings. The maximum absolute atomic E-state index is 11.9. The lowest BCUT2D eigenvalue weighted by atomic mass is 10.2. The number of carbonyl (C=O) groups excluding carboxylic acids is 1. The normalized spacial score (nSPS) is 23.1. The standard InChI is InChI=1S/C13H16N4O2S/c18-12-7-17(5-9-2-4-20-8-9)6-11(12)15-13(19)10-1-3-14-16-10/h1-4,8,11-12,18H,5-7H2,(H,14,16)(H,15,19)/t11-,12-/m1/s1. The summed E-state index contributed by atoms with van der Waals surface area (Å²) in [7, 11) is 0. The molecule has 2 aromatic heterocycles. The van der Waals surface area contributed by atoms with Crippen molar-refractivity contribution in [3.8, 4) is 0 Å². The molecule has 0 bridgehead atoms. The summed E-state index contributed by atoms with van der Waals surface area (Å²) in [6.07, 6.45) is 0.989. The number of aliphatic hydroxyl groups excluding tert-OH is 1. The van der Waals surface area contributed by atoms with Crippen LogP contribution in [0.5, 0.6) is 0 Å². The molecule has 106 valence electrons. The monoisotopic (exact) mass is 292 g/mol. The minimum absolute atomic E-state index is 0.232. The molecular formula is C13H16N4O2S. The number of nitrogens with zero attached hydrogens (tertiary/aromatic N) is 2. The van der Waals surface area contributed by atoms with Crippen LogP contribution in [0.4, 0.5) is 0 Å². The smallest absolute Gasteiger partial charge is 0.269 e. The fourth-order valence-corrected chi connectivity index (χ4v) is 3.07. The Morgan fingerprint density at radius 3 is 3.15 bits per heavy atom. The molecule has 0 spiro atoms. The lowest BCUT2D eigenvalue weighted by Crippen LogP contribution is -2.42. The van der Waals surface area contributed by atoms with Gasteiger partial charge >= 0.3 is 0 Å². The summed E-state index contributed by atoms with van der Waals surface area (Å²) in [6, 6.07) is 3.44. The summed E-state index contributed by atoms with van der Waals surface area (Å²) in [5.41, 5.74) is 1.65. The number of β-amino-alcohol motifs (C(OH)–C–C–N with tert-alkyl or cyclic N) is 1. The fourth-order valence-electron chi connectivity index (χ4n) is 2.41. The number of amides is 1. The third-order valence-corrected chi connectivity index (χ3v) is 4.14. The average Bonchev–Trinajstić information content (AvgIpc) is 3.14. The number of carbonyl (C=O) groups is 1. The lowest BCUT2D eigenvalue weighted by molar-refractivity contribution is 0.0883. The molecule has 3 N–H and O–H groups in total. The molecule has 0 aromatic carbocycles. The lowest BCUT2D eigenvalue weighted by Gasteiger charge is -2.15. The number of thiophene rings is 1. The maximum atomic E-state index is 11.9. The summed E-state index contributed by atoms with van der Waals surface area (Å²) < 4.78 is 0. The van der Waals surface area contributed by atoms with Crippen molar-refractivity contribution in [2.45, 2.75) is 18.7 Å². The zero-order chi connectivity index (χ0) is 13.9. The molecule has 3 rings (SSSR count). The van der Waals surface area contributed by atoms with E-state index in [0.29, 0.717) is 18.8 Å². The first-order valence-corrected chi connectivity index (χ1v) is 7.38. The van der Waals surface area contributed by atoms with E-state index in [-0.39, 0.29) is 11.9 Å². The van der Waals surface area contributed by atoms with Gasteiger partial charge < -0.3 is 10.4 Å². The van der Waals surface area contributed by atoms with E-state index in [1.807, 2.05) is 5.38 Å². The van der Waals surface area contributed by atoms with Crippen LogP contribution in [-0.4, -0.2) is 51.3 Å². The molecule has 1 fully saturated rings. The first-order valence-electron chi connectivity index (χ1n) is 6.44. The van der Waals surface area contributed by atoms with Crippen molar-refractivity contribution in [2.24, 2.45) is 0 Å². The predicted molar refractivity (Wildman–Crippen MR) is 75.4 cm³/mol. The first-order chi connectivity index (χ1) is 9.72. The molecule has 1 saturated heterocycles. The van der Waals surface area contributed by atoms with Crippen molar-refractivity contribution in [1.82, 2.24) is 20.4 Å². The molecule has 0 saturated carbocycles. The SMILES string of the molecule is O=C(N[C@@H]1CN(Cc2ccsc2)C[C@H]1O)c1ccn[nH]1. The van der Waals surface area contributed by atoms with E-state index < -0.39 is 6.10 Å². The van der Waals surface area contributed by atoms with E-state index in [2.05, 4.69) is 31.9 Å². The van der Waals surface area contributed by atoms with Crippen LogP contribution < -0.4 is 5.32 Å². The Balaban J connectivity index is 1.57. The number of hydrogen-bond donors (Lipinski definition) is 3. The molecule has 1 aliphatic heterocycles. The van der Waals surface area contributed by atoms with Crippen LogP contribution in [-0.2, 0) is 6.54 Å². The van der Waals surface area contributed by atoms with Gasteiger partial charge in [0.25, 0.3) is 5.91 Å². The highest BCUT2D eigenvalue weighted by atomic mass is 32.1. The summed E-state index contributed by atoms with van der Waals surface area (Å²) in [6.45, 7) is 2.03. The van der Waals surface area contributed by atoms with Gasteiger partial charge in [0.05, 0.1) is 12.1 Å². The number of nitrogens with one attached hydrogen (secondary N) is 2. The second kappa shape index (κ2) is 5.74. The van der Waals surface area contributed by atoms with Gasteiger partial charge in [-0.25, -0.2) is 0 Å². The van der Waals surface area contributed by atoms with Crippen LogP contribution in [0.25, 0.3) is 0 Å². The highest BCUT2D eigenvalue weighted by Crippen LogP contribution is 2.16. The number of H-pyrrole nitrogens is 1. The Bertz CT molecular complexity index is 555. The topological polar surface area (TPSA) is 81.2 Å². The van der Waals surface area contributed by atoms with Gasteiger partial charge in [-0.15, -0.1) is 0 Å². The van der Waals surface area contributed by atoms with Crippen LogP contribution in [0, 0.1) is 0 Å². The van der Waals surface area contributed by atoms with E-state index in [0.717, 1.165) is 6.54 Å². The van der Waals surface area contributed by atoms with Gasteiger partial charge in [0.2, 0.25) is 0 Å². The second-order valence-corrected chi connectivity index (χ2v) is 5.72. The zero-order valence-corrected chi connectivity index (χ0v) is 11.6. The molecule has 2 atom stereocenters. The van der Waals surface area contributed by atoms with Crippen molar-refractivity contribution in [2.75, 3.05) is 13.1 Å². The van der Waals surface area contributed by atoms with Crippen molar-refractivity contribution < 1.29 is 9.90 Å². The molecule has 0 aliphatic carbocycles. The van der Waals surface area contributed by atoms with Gasteiger partial charge in [0, 0.05) is 25.8 Å². The van der Waals surface area contributed by atoms with Gasteiger partial charge in [0.1, 0.15) is 5.69 Å². The highest BCUT2D eigenvalue weighted by molar-refractivity contribution is 7.07. The van der Waals surface area contributed by atoms with Gasteiger partial charge in [0.15, 0.2) is 0 Å². The van der Waals surface area contributed by atoms with E-state index in [9.17, 15) is 9.90 Å². The summed E-state index contributed by atoms with van der Waals surface area (Å²) in [4.78, 5) is 14.1. The number of aromatic amines is 1. The average molecular weight is 292 g/mol. The molecular weight excluding hydrogens is 276 g/mol. The Morgan fingerprint density at radius 2 is 2.45 bits per heavy atom. The third-order valence-electron chi connectivity index (χ3n) is 3.41. The van der Waals surface area contributed by atoms with Gasteiger partial charge in [-0.2, -0.15) is 16.4 Å². The third kappa shape index (κ3) is 2.90. The number of rotatable bonds is 4. The van der Waals surface area contributed by atoms with E-state index >= 15 is 0 Å². The maximum Gasteiger partial charge on any atom is 0.269 e. The minimum Gasteiger partial charge on any atom is -0.390 e. The minimum atomic E-state index is -0.541. The molecule has 3 heterocycles. The number of aromatic nitrogens is 2. The summed E-state index contributed by atoms with van der Waals surface area (Å²) in [5.74, 6) is -0.232. The Labute approximate surface area is 120 Å². The number of likely N-dealkylation sites (tertiary alicyclic amines) is 1. The fraction of sp³-hybridized carbons (Fsp3) is 0.385. The van der Waals surface area contributed by atoms with Crippen LogP contribution in [0.15, 0.2) is 29.1 Å². The Hall–Kier alpha value is -1.70. The van der Waals surface area contributed by atoms with E-state index in [4.69, 9.17) is 0 Å². The zero-order valence-electron chi connectivity index (χ0n) is 10.8. The van der Waals surface area contributed by atoms with Crippen LogP contribution >= 0.6 is 11.3 Å². The first kappa shape index (κ1) is 13.3. The number of hydrogen-bond acceptors (Lipinski definition) is 5. The van der Waals surface area contributed by atoms with Crippen LogP contribution in [0.2, 0.25) is 0 Å².